The van der Waals surface area contributed by atoms with Crippen molar-refractivity contribution in [1.82, 2.24) is 10.2 Å². The standard InChI is InChI=1S/C11H19ClN2O2/c1-7-4-5-14(6-8(7)2)11(16)13-10(15)9(3)12/h7-9H,4-6H2,1-3H3,(H,13,15,16). The molecule has 1 aliphatic rings. The van der Waals surface area contributed by atoms with Crippen molar-refractivity contribution in [3.05, 3.63) is 0 Å². The van der Waals surface area contributed by atoms with Crippen LogP contribution in [0.15, 0.2) is 0 Å². The Morgan fingerprint density at radius 1 is 1.38 bits per heavy atom. The number of imide groups is 1. The van der Waals surface area contributed by atoms with E-state index < -0.39 is 11.3 Å². The Bertz CT molecular complexity index is 281. The summed E-state index contributed by atoms with van der Waals surface area (Å²) in [6.07, 6.45) is 0.985. The molecule has 1 heterocycles. The van der Waals surface area contributed by atoms with Crippen LogP contribution in [0.25, 0.3) is 0 Å². The van der Waals surface area contributed by atoms with Crippen LogP contribution in [0.4, 0.5) is 4.79 Å². The predicted molar refractivity (Wildman–Crippen MR) is 63.4 cm³/mol. The molecular formula is C11H19ClN2O2. The van der Waals surface area contributed by atoms with E-state index in [0.717, 1.165) is 6.42 Å². The molecule has 1 saturated heterocycles. The fraction of sp³-hybridized carbons (Fsp3) is 0.818. The first-order valence-electron chi connectivity index (χ1n) is 5.65. The second kappa shape index (κ2) is 5.53. The smallest absolute Gasteiger partial charge is 0.324 e. The second-order valence-electron chi connectivity index (χ2n) is 4.60. The molecule has 0 aromatic rings. The highest BCUT2D eigenvalue weighted by molar-refractivity contribution is 6.31. The number of piperidine rings is 1. The number of carbonyl (C=O) groups excluding carboxylic acids is 2. The van der Waals surface area contributed by atoms with Crippen molar-refractivity contribution in [2.24, 2.45) is 11.8 Å². The number of hydrogen-bond acceptors (Lipinski definition) is 2. The van der Waals surface area contributed by atoms with Crippen molar-refractivity contribution in [2.75, 3.05) is 13.1 Å². The minimum absolute atomic E-state index is 0.323. The van der Waals surface area contributed by atoms with Crippen LogP contribution < -0.4 is 5.32 Å². The van der Waals surface area contributed by atoms with E-state index in [9.17, 15) is 9.59 Å². The molecule has 1 rings (SSSR count). The van der Waals surface area contributed by atoms with Crippen LogP contribution >= 0.6 is 11.6 Å². The lowest BCUT2D eigenvalue weighted by Gasteiger charge is -2.35. The van der Waals surface area contributed by atoms with Crippen LogP contribution in [0.5, 0.6) is 0 Å². The van der Waals surface area contributed by atoms with Crippen molar-refractivity contribution in [2.45, 2.75) is 32.6 Å². The number of rotatable bonds is 1. The summed E-state index contributed by atoms with van der Waals surface area (Å²) in [7, 11) is 0. The van der Waals surface area contributed by atoms with E-state index in [2.05, 4.69) is 19.2 Å². The monoisotopic (exact) mass is 246 g/mol. The SMILES string of the molecule is CC(Cl)C(=O)NC(=O)N1CCC(C)C(C)C1. The first-order valence-corrected chi connectivity index (χ1v) is 6.09. The highest BCUT2D eigenvalue weighted by Gasteiger charge is 2.27. The van der Waals surface area contributed by atoms with Crippen LogP contribution in [0, 0.1) is 11.8 Å². The van der Waals surface area contributed by atoms with E-state index >= 15 is 0 Å². The summed E-state index contributed by atoms with van der Waals surface area (Å²) >= 11 is 5.58. The van der Waals surface area contributed by atoms with Crippen LogP contribution in [0.1, 0.15) is 27.2 Å². The quantitative estimate of drug-likeness (QED) is 0.718. The third-order valence-electron chi connectivity index (χ3n) is 3.21. The zero-order chi connectivity index (χ0) is 12.3. The van der Waals surface area contributed by atoms with Gasteiger partial charge >= 0.3 is 6.03 Å². The summed E-state index contributed by atoms with van der Waals surface area (Å²) < 4.78 is 0. The maximum atomic E-state index is 11.7. The predicted octanol–water partition coefficient (Wildman–Crippen LogP) is 1.83. The molecule has 1 N–H and O–H groups in total. The number of alkyl halides is 1. The number of nitrogens with one attached hydrogen (secondary N) is 1. The summed E-state index contributed by atoms with van der Waals surface area (Å²) in [5, 5.41) is 1.62. The molecule has 1 aliphatic heterocycles. The molecule has 5 heteroatoms. The summed E-state index contributed by atoms with van der Waals surface area (Å²) in [6, 6.07) is -0.323. The third-order valence-corrected chi connectivity index (χ3v) is 3.41. The Balaban J connectivity index is 2.46. The lowest BCUT2D eigenvalue weighted by Crippen LogP contribution is -2.49. The van der Waals surface area contributed by atoms with Crippen molar-refractivity contribution in [3.63, 3.8) is 0 Å². The van der Waals surface area contributed by atoms with Crippen LogP contribution in [-0.2, 0) is 4.79 Å². The van der Waals surface area contributed by atoms with Gasteiger partial charge in [0.05, 0.1) is 0 Å². The highest BCUT2D eigenvalue weighted by Crippen LogP contribution is 2.22. The molecule has 92 valence electrons. The van der Waals surface area contributed by atoms with Crippen molar-refractivity contribution >= 4 is 23.5 Å². The third kappa shape index (κ3) is 3.37. The molecule has 3 unspecified atom stereocenters. The Labute approximate surface area is 101 Å². The van der Waals surface area contributed by atoms with Crippen molar-refractivity contribution in [1.29, 1.82) is 0 Å². The molecule has 3 amide bonds. The minimum Gasteiger partial charge on any atom is -0.324 e. The van der Waals surface area contributed by atoms with E-state index in [1.807, 2.05) is 0 Å². The van der Waals surface area contributed by atoms with Gasteiger partial charge < -0.3 is 4.90 Å². The number of carbonyl (C=O) groups is 2. The van der Waals surface area contributed by atoms with Gasteiger partial charge in [-0.2, -0.15) is 0 Å². The fourth-order valence-corrected chi connectivity index (χ4v) is 1.79. The number of halogens is 1. The van der Waals surface area contributed by atoms with Gasteiger partial charge in [-0.05, 0) is 25.2 Å². The summed E-state index contributed by atoms with van der Waals surface area (Å²) in [5.74, 6) is 0.674. The van der Waals surface area contributed by atoms with Gasteiger partial charge in [-0.3, -0.25) is 10.1 Å². The van der Waals surface area contributed by atoms with Crippen molar-refractivity contribution < 1.29 is 9.59 Å². The van der Waals surface area contributed by atoms with Crippen molar-refractivity contribution in [3.8, 4) is 0 Å². The van der Waals surface area contributed by atoms with Crippen LogP contribution in [-0.4, -0.2) is 35.3 Å². The molecule has 16 heavy (non-hydrogen) atoms. The van der Waals surface area contributed by atoms with E-state index in [4.69, 9.17) is 11.6 Å². The Morgan fingerprint density at radius 2 is 2.00 bits per heavy atom. The lowest BCUT2D eigenvalue weighted by molar-refractivity contribution is -0.119. The van der Waals surface area contributed by atoms with E-state index in [0.29, 0.717) is 24.9 Å². The van der Waals surface area contributed by atoms with Gasteiger partial charge in [-0.15, -0.1) is 11.6 Å². The molecule has 0 bridgehead atoms. The average molecular weight is 247 g/mol. The van der Waals surface area contributed by atoms with Gasteiger partial charge in [0.25, 0.3) is 0 Å². The van der Waals surface area contributed by atoms with Crippen LogP contribution in [0.3, 0.4) is 0 Å². The van der Waals surface area contributed by atoms with Gasteiger partial charge in [0, 0.05) is 13.1 Å². The Morgan fingerprint density at radius 3 is 2.50 bits per heavy atom. The number of likely N-dealkylation sites (tertiary alicyclic amines) is 1. The molecule has 3 atom stereocenters. The largest absolute Gasteiger partial charge is 0.324 e. The minimum atomic E-state index is -0.676. The molecule has 0 spiro atoms. The molecule has 0 aromatic carbocycles. The van der Waals surface area contributed by atoms with E-state index in [-0.39, 0.29) is 6.03 Å². The maximum absolute atomic E-state index is 11.7. The van der Waals surface area contributed by atoms with Gasteiger partial charge in [0.2, 0.25) is 5.91 Å². The normalized spacial score (nSPS) is 27.4. The van der Waals surface area contributed by atoms with Gasteiger partial charge in [0.1, 0.15) is 5.38 Å². The van der Waals surface area contributed by atoms with Gasteiger partial charge in [-0.25, -0.2) is 4.79 Å². The molecule has 0 radical (unpaired) electrons. The summed E-state index contributed by atoms with van der Waals surface area (Å²) in [6.45, 7) is 7.27. The molecule has 4 nitrogen and oxygen atoms in total. The van der Waals surface area contributed by atoms with Gasteiger partial charge in [0.15, 0.2) is 0 Å². The van der Waals surface area contributed by atoms with E-state index in [1.54, 1.807) is 11.8 Å². The Kier molecular flexibility index (Phi) is 4.59. The Hall–Kier alpha value is -0.770. The van der Waals surface area contributed by atoms with Gasteiger partial charge in [-0.1, -0.05) is 13.8 Å². The first kappa shape index (κ1) is 13.3. The number of hydrogen-bond donors (Lipinski definition) is 1. The second-order valence-corrected chi connectivity index (χ2v) is 5.25. The zero-order valence-corrected chi connectivity index (χ0v) is 10.8. The molecule has 0 saturated carbocycles. The fourth-order valence-electron chi connectivity index (χ4n) is 1.73. The molecule has 0 aromatic heterocycles. The van der Waals surface area contributed by atoms with Crippen LogP contribution in [0.2, 0.25) is 0 Å². The first-order chi connectivity index (χ1) is 7.41. The summed E-state index contributed by atoms with van der Waals surface area (Å²) in [4.78, 5) is 24.6. The molecule has 0 aliphatic carbocycles. The maximum Gasteiger partial charge on any atom is 0.324 e. The number of urea groups is 1. The van der Waals surface area contributed by atoms with E-state index in [1.165, 1.54) is 0 Å². The molecular weight excluding hydrogens is 228 g/mol. The lowest BCUT2D eigenvalue weighted by atomic mass is 9.89. The average Bonchev–Trinajstić information content (AvgIpc) is 2.21. The number of amides is 3. The topological polar surface area (TPSA) is 49.4 Å². The summed E-state index contributed by atoms with van der Waals surface area (Å²) in [5.41, 5.74) is 0. The number of nitrogens with zero attached hydrogens (tertiary/aromatic N) is 1. The molecule has 1 fully saturated rings. The zero-order valence-electron chi connectivity index (χ0n) is 10.00. The highest BCUT2D eigenvalue weighted by atomic mass is 35.5.